The number of nitrogens with zero attached hydrogens (tertiary/aromatic N) is 2. The number of amides is 2. The van der Waals surface area contributed by atoms with E-state index in [-0.39, 0.29) is 11.8 Å². The summed E-state index contributed by atoms with van der Waals surface area (Å²) in [4.78, 5) is 34.2. The van der Waals surface area contributed by atoms with Gasteiger partial charge in [0.15, 0.2) is 0 Å². The highest BCUT2D eigenvalue weighted by Crippen LogP contribution is 2.25. The minimum atomic E-state index is -0.408. The number of aromatic amines is 1. The van der Waals surface area contributed by atoms with Crippen LogP contribution in [0.4, 0.5) is 0 Å². The van der Waals surface area contributed by atoms with E-state index in [0.29, 0.717) is 32.4 Å². The Kier molecular flexibility index (Phi) is 4.87. The van der Waals surface area contributed by atoms with E-state index < -0.39 is 6.04 Å². The van der Waals surface area contributed by atoms with Crippen LogP contribution in [0.25, 0.3) is 10.9 Å². The van der Waals surface area contributed by atoms with Gasteiger partial charge in [-0.25, -0.2) is 0 Å². The van der Waals surface area contributed by atoms with Gasteiger partial charge in [-0.2, -0.15) is 0 Å². The second-order valence-corrected chi connectivity index (χ2v) is 6.80. The van der Waals surface area contributed by atoms with Crippen LogP contribution >= 0.6 is 0 Å². The van der Waals surface area contributed by atoms with Gasteiger partial charge in [-0.3, -0.25) is 14.6 Å². The zero-order valence-electron chi connectivity index (χ0n) is 15.0. The van der Waals surface area contributed by atoms with E-state index >= 15 is 0 Å². The van der Waals surface area contributed by atoms with Gasteiger partial charge < -0.3 is 15.2 Å². The summed E-state index contributed by atoms with van der Waals surface area (Å²) >= 11 is 0. The van der Waals surface area contributed by atoms with Gasteiger partial charge in [-0.05, 0) is 30.2 Å². The van der Waals surface area contributed by atoms with E-state index in [0.717, 1.165) is 22.2 Å². The molecule has 6 heteroatoms. The van der Waals surface area contributed by atoms with Crippen LogP contribution in [0.3, 0.4) is 0 Å². The van der Waals surface area contributed by atoms with Gasteiger partial charge in [0.25, 0.3) is 0 Å². The number of hydrogen-bond donors (Lipinski definition) is 2. The molecule has 2 aromatic heterocycles. The summed E-state index contributed by atoms with van der Waals surface area (Å²) in [5, 5.41) is 4.05. The van der Waals surface area contributed by atoms with Crippen molar-refractivity contribution in [1.29, 1.82) is 0 Å². The van der Waals surface area contributed by atoms with Crippen molar-refractivity contribution < 1.29 is 9.59 Å². The van der Waals surface area contributed by atoms with Gasteiger partial charge in [0, 0.05) is 54.9 Å². The van der Waals surface area contributed by atoms with Crippen LogP contribution < -0.4 is 5.32 Å². The van der Waals surface area contributed by atoms with Crippen molar-refractivity contribution in [3.05, 3.63) is 66.1 Å². The number of rotatable bonds is 6. The quantitative estimate of drug-likeness (QED) is 0.707. The number of hydrogen-bond acceptors (Lipinski definition) is 3. The standard InChI is InChI=1S/C21H22N4O2/c26-20-9-8-19(21(27)23-12-10-16-5-3-4-11-22-16)25(20)14-15-13-24-18-7-2-1-6-17(15)18/h1-7,11,13,19,24H,8-10,12,14H2,(H,23,27). The molecule has 0 radical (unpaired) electrons. The Hall–Kier alpha value is -3.15. The molecule has 2 amide bonds. The van der Waals surface area contributed by atoms with Crippen molar-refractivity contribution in [3.63, 3.8) is 0 Å². The molecule has 138 valence electrons. The number of carbonyl (C=O) groups excluding carboxylic acids is 2. The van der Waals surface area contributed by atoms with Crippen LogP contribution in [0.15, 0.2) is 54.9 Å². The Labute approximate surface area is 157 Å². The molecular formula is C21H22N4O2. The lowest BCUT2D eigenvalue weighted by Gasteiger charge is -2.24. The molecule has 1 aliphatic heterocycles. The largest absolute Gasteiger partial charge is 0.361 e. The average Bonchev–Trinajstić information content (AvgIpc) is 3.27. The minimum Gasteiger partial charge on any atom is -0.361 e. The predicted octanol–water partition coefficient (Wildman–Crippen LogP) is 2.41. The van der Waals surface area contributed by atoms with Crippen molar-refractivity contribution in [1.82, 2.24) is 20.2 Å². The van der Waals surface area contributed by atoms with E-state index in [2.05, 4.69) is 15.3 Å². The zero-order valence-corrected chi connectivity index (χ0v) is 15.0. The summed E-state index contributed by atoms with van der Waals surface area (Å²) in [6.07, 6.45) is 5.33. The fourth-order valence-electron chi connectivity index (χ4n) is 3.63. The van der Waals surface area contributed by atoms with Crippen molar-refractivity contribution in [2.24, 2.45) is 0 Å². The maximum absolute atomic E-state index is 12.7. The molecule has 1 unspecified atom stereocenters. The SMILES string of the molecule is O=C(NCCc1ccccn1)C1CCC(=O)N1Cc1c[nH]c2ccccc12. The van der Waals surface area contributed by atoms with E-state index in [1.54, 1.807) is 11.1 Å². The highest BCUT2D eigenvalue weighted by Gasteiger charge is 2.36. The maximum atomic E-state index is 12.7. The highest BCUT2D eigenvalue weighted by atomic mass is 16.2. The summed E-state index contributed by atoms with van der Waals surface area (Å²) in [6, 6.07) is 13.3. The Balaban J connectivity index is 1.41. The molecule has 6 nitrogen and oxygen atoms in total. The number of pyridine rings is 1. The Morgan fingerprint density at radius 3 is 2.93 bits per heavy atom. The molecule has 3 heterocycles. The number of carbonyl (C=O) groups is 2. The lowest BCUT2D eigenvalue weighted by Crippen LogP contribution is -2.44. The van der Waals surface area contributed by atoms with Crippen LogP contribution in [0, 0.1) is 0 Å². The zero-order chi connectivity index (χ0) is 18.6. The van der Waals surface area contributed by atoms with Crippen LogP contribution in [0.5, 0.6) is 0 Å². The summed E-state index contributed by atoms with van der Waals surface area (Å²) in [5.41, 5.74) is 3.01. The van der Waals surface area contributed by atoms with Crippen LogP contribution in [-0.4, -0.2) is 39.3 Å². The van der Waals surface area contributed by atoms with Crippen molar-refractivity contribution in [3.8, 4) is 0 Å². The van der Waals surface area contributed by atoms with Gasteiger partial charge in [-0.1, -0.05) is 24.3 Å². The molecule has 1 atom stereocenters. The van der Waals surface area contributed by atoms with Crippen LogP contribution in [0.1, 0.15) is 24.1 Å². The summed E-state index contributed by atoms with van der Waals surface area (Å²) in [5.74, 6) is -0.0539. The number of aromatic nitrogens is 2. The van der Waals surface area contributed by atoms with Gasteiger partial charge in [0.2, 0.25) is 11.8 Å². The molecule has 27 heavy (non-hydrogen) atoms. The average molecular weight is 362 g/mol. The minimum absolute atomic E-state index is 0.0326. The highest BCUT2D eigenvalue weighted by molar-refractivity contribution is 5.91. The van der Waals surface area contributed by atoms with Crippen molar-refractivity contribution >= 4 is 22.7 Å². The Morgan fingerprint density at radius 2 is 2.07 bits per heavy atom. The smallest absolute Gasteiger partial charge is 0.242 e. The van der Waals surface area contributed by atoms with Crippen molar-refractivity contribution in [2.45, 2.75) is 31.8 Å². The Bertz CT molecular complexity index is 951. The van der Waals surface area contributed by atoms with Gasteiger partial charge in [0.05, 0.1) is 0 Å². The number of likely N-dealkylation sites (tertiary alicyclic amines) is 1. The van der Waals surface area contributed by atoms with E-state index in [1.165, 1.54) is 0 Å². The number of H-pyrrole nitrogens is 1. The molecule has 4 rings (SSSR count). The van der Waals surface area contributed by atoms with Crippen LogP contribution in [0.2, 0.25) is 0 Å². The summed E-state index contributed by atoms with van der Waals surface area (Å²) in [6.45, 7) is 0.961. The molecule has 1 aliphatic rings. The molecule has 1 fully saturated rings. The first-order valence-corrected chi connectivity index (χ1v) is 9.24. The van der Waals surface area contributed by atoms with Gasteiger partial charge in [0.1, 0.15) is 6.04 Å². The number of nitrogens with one attached hydrogen (secondary N) is 2. The molecule has 0 bridgehead atoms. The molecule has 0 aliphatic carbocycles. The third-order valence-electron chi connectivity index (χ3n) is 5.05. The molecule has 1 saturated heterocycles. The molecule has 2 N–H and O–H groups in total. The van der Waals surface area contributed by atoms with Gasteiger partial charge >= 0.3 is 0 Å². The lowest BCUT2D eigenvalue weighted by molar-refractivity contribution is -0.135. The molecule has 0 spiro atoms. The second-order valence-electron chi connectivity index (χ2n) is 6.80. The van der Waals surface area contributed by atoms with Crippen molar-refractivity contribution in [2.75, 3.05) is 6.54 Å². The topological polar surface area (TPSA) is 78.1 Å². The molecular weight excluding hydrogens is 340 g/mol. The van der Waals surface area contributed by atoms with E-state index in [1.807, 2.05) is 48.7 Å². The second kappa shape index (κ2) is 7.61. The predicted molar refractivity (Wildman–Crippen MR) is 103 cm³/mol. The monoisotopic (exact) mass is 362 g/mol. The number of fused-ring (bicyclic) bond motifs is 1. The normalized spacial score (nSPS) is 16.8. The number of benzene rings is 1. The molecule has 0 saturated carbocycles. The third kappa shape index (κ3) is 3.69. The fourth-order valence-corrected chi connectivity index (χ4v) is 3.63. The maximum Gasteiger partial charge on any atom is 0.242 e. The molecule has 3 aromatic rings. The van der Waals surface area contributed by atoms with Gasteiger partial charge in [-0.15, -0.1) is 0 Å². The first-order valence-electron chi connectivity index (χ1n) is 9.24. The summed E-state index contributed by atoms with van der Waals surface area (Å²) in [7, 11) is 0. The Morgan fingerprint density at radius 1 is 1.22 bits per heavy atom. The fraction of sp³-hybridized carbons (Fsp3) is 0.286. The van der Waals surface area contributed by atoms with E-state index in [4.69, 9.17) is 0 Å². The first-order chi connectivity index (χ1) is 13.2. The lowest BCUT2D eigenvalue weighted by atomic mass is 10.1. The van der Waals surface area contributed by atoms with E-state index in [9.17, 15) is 9.59 Å². The third-order valence-corrected chi connectivity index (χ3v) is 5.05. The first kappa shape index (κ1) is 17.3. The van der Waals surface area contributed by atoms with Crippen LogP contribution in [-0.2, 0) is 22.6 Å². The molecule has 1 aromatic carbocycles. The number of para-hydroxylation sites is 1. The summed E-state index contributed by atoms with van der Waals surface area (Å²) < 4.78 is 0.